The Kier molecular flexibility index (Phi) is 5.50. The molecule has 1 aromatic heterocycles. The first kappa shape index (κ1) is 19.2. The van der Waals surface area contributed by atoms with E-state index < -0.39 is 0 Å². The quantitative estimate of drug-likeness (QED) is 0.511. The molecule has 0 bridgehead atoms. The molecule has 2 aliphatic rings. The maximum Gasteiger partial charge on any atom is 0.273 e. The number of rotatable bonds is 5. The van der Waals surface area contributed by atoms with Gasteiger partial charge in [0.25, 0.3) is 5.91 Å². The molecule has 1 saturated carbocycles. The van der Waals surface area contributed by atoms with E-state index >= 15 is 0 Å². The summed E-state index contributed by atoms with van der Waals surface area (Å²) in [5.74, 6) is 1.48. The van der Waals surface area contributed by atoms with Crippen LogP contribution in [-0.4, -0.2) is 27.9 Å². The minimum absolute atomic E-state index is 0.0512. The fourth-order valence-electron chi connectivity index (χ4n) is 4.80. The highest BCUT2D eigenvalue weighted by atomic mass is 35.5. The molecule has 3 unspecified atom stereocenters. The van der Waals surface area contributed by atoms with E-state index in [1.54, 1.807) is 6.07 Å². The Balaban J connectivity index is 1.51. The number of carbonyl (C=O) groups is 1. The molecular formula is C21H24Cl2N2OS. The molecule has 1 saturated heterocycles. The lowest BCUT2D eigenvalue weighted by atomic mass is 9.88. The number of aromatic nitrogens is 1. The number of amides is 1. The summed E-state index contributed by atoms with van der Waals surface area (Å²) < 4.78 is 0. The molecule has 3 nitrogen and oxygen atoms in total. The summed E-state index contributed by atoms with van der Waals surface area (Å²) in [5.41, 5.74) is 1.30. The Morgan fingerprint density at radius 1 is 1.33 bits per heavy atom. The summed E-state index contributed by atoms with van der Waals surface area (Å²) >= 11 is 13.9. The van der Waals surface area contributed by atoms with Crippen LogP contribution in [0.25, 0.3) is 10.6 Å². The summed E-state index contributed by atoms with van der Waals surface area (Å²) in [4.78, 5) is 19.7. The van der Waals surface area contributed by atoms with Gasteiger partial charge in [-0.25, -0.2) is 4.98 Å². The first-order chi connectivity index (χ1) is 13.0. The number of hydrogen-bond donors (Lipinski definition) is 0. The van der Waals surface area contributed by atoms with Crippen molar-refractivity contribution in [1.82, 2.24) is 9.88 Å². The van der Waals surface area contributed by atoms with E-state index in [1.165, 1.54) is 43.4 Å². The summed E-state index contributed by atoms with van der Waals surface area (Å²) in [6, 6.07) is 6.20. The van der Waals surface area contributed by atoms with Gasteiger partial charge in [0.2, 0.25) is 0 Å². The molecule has 2 aromatic rings. The lowest BCUT2D eigenvalue weighted by Crippen LogP contribution is -2.22. The van der Waals surface area contributed by atoms with Crippen molar-refractivity contribution in [3.05, 3.63) is 39.3 Å². The van der Waals surface area contributed by atoms with E-state index in [0.717, 1.165) is 16.5 Å². The van der Waals surface area contributed by atoms with E-state index in [2.05, 4.69) is 18.8 Å². The van der Waals surface area contributed by atoms with Gasteiger partial charge in [-0.15, -0.1) is 11.3 Å². The van der Waals surface area contributed by atoms with Gasteiger partial charge < -0.3 is 4.90 Å². The minimum atomic E-state index is 0.0512. The van der Waals surface area contributed by atoms with Gasteiger partial charge >= 0.3 is 0 Å². The highest BCUT2D eigenvalue weighted by Gasteiger charge is 2.54. The van der Waals surface area contributed by atoms with Crippen LogP contribution in [0.2, 0.25) is 10.0 Å². The van der Waals surface area contributed by atoms with Crippen LogP contribution in [-0.2, 0) is 0 Å². The lowest BCUT2D eigenvalue weighted by Gasteiger charge is -2.18. The van der Waals surface area contributed by atoms with Crippen LogP contribution in [0, 0.1) is 11.8 Å². The summed E-state index contributed by atoms with van der Waals surface area (Å²) in [6.45, 7) is 4.43. The van der Waals surface area contributed by atoms with Crippen molar-refractivity contribution in [1.29, 1.82) is 0 Å². The third-order valence-corrected chi connectivity index (χ3v) is 7.81. The smallest absolute Gasteiger partial charge is 0.273 e. The van der Waals surface area contributed by atoms with Crippen molar-refractivity contribution in [2.75, 3.05) is 0 Å². The highest BCUT2D eigenvalue weighted by molar-refractivity contribution is 7.13. The second kappa shape index (κ2) is 7.73. The zero-order chi connectivity index (χ0) is 19.1. The van der Waals surface area contributed by atoms with Gasteiger partial charge in [-0.2, -0.15) is 0 Å². The zero-order valence-electron chi connectivity index (χ0n) is 15.6. The Bertz CT molecular complexity index is 852. The molecule has 0 radical (unpaired) electrons. The van der Waals surface area contributed by atoms with Gasteiger partial charge in [0.1, 0.15) is 10.7 Å². The number of benzene rings is 1. The first-order valence-electron chi connectivity index (χ1n) is 9.75. The highest BCUT2D eigenvalue weighted by Crippen LogP contribution is 2.47. The van der Waals surface area contributed by atoms with Crippen molar-refractivity contribution >= 4 is 40.4 Å². The Hall–Kier alpha value is -1.10. The Labute approximate surface area is 174 Å². The first-order valence-corrected chi connectivity index (χ1v) is 11.4. The number of nitrogens with zero attached hydrogens (tertiary/aromatic N) is 2. The van der Waals surface area contributed by atoms with Crippen LogP contribution in [0.1, 0.15) is 56.4 Å². The van der Waals surface area contributed by atoms with Gasteiger partial charge in [0, 0.05) is 10.9 Å². The van der Waals surface area contributed by atoms with Gasteiger partial charge in [0.15, 0.2) is 0 Å². The van der Waals surface area contributed by atoms with E-state index in [1.807, 2.05) is 22.4 Å². The molecule has 1 amide bonds. The van der Waals surface area contributed by atoms with Crippen LogP contribution in [0.15, 0.2) is 23.6 Å². The third kappa shape index (κ3) is 3.52. The summed E-state index contributed by atoms with van der Waals surface area (Å²) in [6.07, 6.45) is 6.38. The molecule has 6 heteroatoms. The number of carbonyl (C=O) groups excluding carboxylic acids is 1. The van der Waals surface area contributed by atoms with Crippen molar-refractivity contribution in [2.24, 2.45) is 11.8 Å². The maximum atomic E-state index is 13.1. The predicted octanol–water partition coefficient (Wildman–Crippen LogP) is 6.55. The van der Waals surface area contributed by atoms with Crippen LogP contribution in [0.5, 0.6) is 0 Å². The normalized spacial score (nSPS) is 27.2. The predicted molar refractivity (Wildman–Crippen MR) is 113 cm³/mol. The van der Waals surface area contributed by atoms with Crippen molar-refractivity contribution < 1.29 is 4.79 Å². The third-order valence-electron chi connectivity index (χ3n) is 6.12. The monoisotopic (exact) mass is 422 g/mol. The molecular weight excluding hydrogens is 399 g/mol. The molecule has 2 fully saturated rings. The number of hydrogen-bond acceptors (Lipinski definition) is 3. The van der Waals surface area contributed by atoms with E-state index in [-0.39, 0.29) is 5.91 Å². The molecule has 27 heavy (non-hydrogen) atoms. The Morgan fingerprint density at radius 3 is 2.93 bits per heavy atom. The van der Waals surface area contributed by atoms with Gasteiger partial charge in [0.05, 0.1) is 22.1 Å². The van der Waals surface area contributed by atoms with Crippen LogP contribution < -0.4 is 0 Å². The Morgan fingerprint density at radius 2 is 2.15 bits per heavy atom. The van der Waals surface area contributed by atoms with Crippen LogP contribution >= 0.6 is 34.5 Å². The molecule has 1 aromatic carbocycles. The van der Waals surface area contributed by atoms with Crippen LogP contribution in [0.4, 0.5) is 0 Å². The average Bonchev–Trinajstić information content (AvgIpc) is 3.04. The number of halogens is 2. The second-order valence-corrected chi connectivity index (χ2v) is 9.37. The topological polar surface area (TPSA) is 33.0 Å². The van der Waals surface area contributed by atoms with Gasteiger partial charge in [-0.3, -0.25) is 4.79 Å². The molecule has 144 valence electrons. The molecule has 4 atom stereocenters. The van der Waals surface area contributed by atoms with Crippen molar-refractivity contribution in [3.8, 4) is 10.6 Å². The van der Waals surface area contributed by atoms with Crippen molar-refractivity contribution in [2.45, 2.75) is 58.0 Å². The molecule has 0 N–H and O–H groups in total. The molecule has 1 aliphatic heterocycles. The summed E-state index contributed by atoms with van der Waals surface area (Å²) in [5, 5.41) is 3.57. The van der Waals surface area contributed by atoms with Crippen LogP contribution in [0.3, 0.4) is 0 Å². The fraction of sp³-hybridized carbons (Fsp3) is 0.524. The van der Waals surface area contributed by atoms with E-state index in [9.17, 15) is 4.79 Å². The molecule has 1 aliphatic carbocycles. The second-order valence-electron chi connectivity index (χ2n) is 7.73. The maximum absolute atomic E-state index is 13.1. The number of thiazole rings is 1. The SMILES string of the molecule is CCCC1CCC[C@H]1C1C(C)N1C(=O)c1csc(-c2cccc(Cl)c2Cl)n1. The molecule has 4 rings (SSSR count). The minimum Gasteiger partial charge on any atom is -0.327 e. The lowest BCUT2D eigenvalue weighted by molar-refractivity contribution is 0.0849. The molecule has 2 heterocycles. The van der Waals surface area contributed by atoms with E-state index in [0.29, 0.717) is 33.7 Å². The fourth-order valence-corrected chi connectivity index (χ4v) is 6.07. The largest absolute Gasteiger partial charge is 0.327 e. The van der Waals surface area contributed by atoms with Gasteiger partial charge in [-0.1, -0.05) is 67.9 Å². The van der Waals surface area contributed by atoms with E-state index in [4.69, 9.17) is 23.2 Å². The summed E-state index contributed by atoms with van der Waals surface area (Å²) in [7, 11) is 0. The zero-order valence-corrected chi connectivity index (χ0v) is 17.9. The van der Waals surface area contributed by atoms with Crippen molar-refractivity contribution in [3.63, 3.8) is 0 Å². The van der Waals surface area contributed by atoms with Gasteiger partial charge in [-0.05, 0) is 31.2 Å². The average molecular weight is 423 g/mol. The standard InChI is InChI=1S/C21H24Cl2N2OS/c1-3-6-13-7-4-8-14(13)19-12(2)25(19)21(26)17-11-27-20(24-17)15-9-5-10-16(22)18(15)23/h5,9-14,19H,3-4,6-8H2,1-2H3/t12?,13?,14-,19?,25?/m1/s1. The molecule has 0 spiro atoms.